The number of methoxy groups -OCH3 is 1. The van der Waals surface area contributed by atoms with E-state index in [0.717, 1.165) is 24.0 Å². The van der Waals surface area contributed by atoms with Gasteiger partial charge in [0.05, 0.1) is 48.4 Å². The molecule has 2 unspecified atom stereocenters. The third-order valence-electron chi connectivity index (χ3n) is 8.48. The second-order valence-electron chi connectivity index (χ2n) is 11.2. The van der Waals surface area contributed by atoms with Crippen LogP contribution in [0.1, 0.15) is 85.4 Å². The Bertz CT molecular complexity index is 1440. The standard InChI is InChI=1S/C32H32F6N2O4/c1-4-20(21-7-9-22(10-8-21)29(41)43-3)12-23-6-5-19(16-39)11-25(23)17-40-18(2)28(44-30(40)42)24-13-26(31(33,34)35)15-27(14-24)32(36,37)38/h5-6,11-15,18,21-22,28H,4,7-10,17H2,1-3H3. The van der Waals surface area contributed by atoms with E-state index in [1.807, 2.05) is 13.0 Å². The Labute approximate surface area is 251 Å². The van der Waals surface area contributed by atoms with Gasteiger partial charge in [0.2, 0.25) is 0 Å². The molecule has 2 aromatic rings. The third-order valence-corrected chi connectivity index (χ3v) is 8.48. The minimum atomic E-state index is -5.05. The van der Waals surface area contributed by atoms with Gasteiger partial charge < -0.3 is 9.47 Å². The van der Waals surface area contributed by atoms with Crippen molar-refractivity contribution in [3.05, 3.63) is 75.4 Å². The molecule has 0 radical (unpaired) electrons. The molecular formula is C32H32F6N2O4. The molecule has 2 aliphatic rings. The van der Waals surface area contributed by atoms with Crippen molar-refractivity contribution in [1.29, 1.82) is 5.26 Å². The van der Waals surface area contributed by atoms with E-state index in [2.05, 4.69) is 6.07 Å². The molecule has 0 aromatic heterocycles. The maximum atomic E-state index is 13.5. The molecule has 1 amide bonds. The Morgan fingerprint density at radius 1 is 1.02 bits per heavy atom. The van der Waals surface area contributed by atoms with Gasteiger partial charge in [-0.2, -0.15) is 31.6 Å². The van der Waals surface area contributed by atoms with Crippen LogP contribution in [-0.2, 0) is 33.2 Å². The number of benzene rings is 2. The number of hydrogen-bond donors (Lipinski definition) is 0. The van der Waals surface area contributed by atoms with Crippen molar-refractivity contribution in [2.45, 2.75) is 77.0 Å². The number of rotatable bonds is 7. The van der Waals surface area contributed by atoms with Crippen LogP contribution in [0.2, 0.25) is 0 Å². The number of carbonyl (C=O) groups is 2. The topological polar surface area (TPSA) is 79.6 Å². The van der Waals surface area contributed by atoms with E-state index < -0.39 is 47.3 Å². The molecule has 1 saturated heterocycles. The molecule has 1 aliphatic carbocycles. The Morgan fingerprint density at radius 3 is 2.14 bits per heavy atom. The van der Waals surface area contributed by atoms with E-state index in [1.165, 1.54) is 18.9 Å². The Kier molecular flexibility index (Phi) is 9.66. The lowest BCUT2D eigenvalue weighted by Gasteiger charge is -2.29. The molecule has 236 valence electrons. The highest BCUT2D eigenvalue weighted by Gasteiger charge is 2.43. The molecule has 6 nitrogen and oxygen atoms in total. The van der Waals surface area contributed by atoms with Gasteiger partial charge in [0.15, 0.2) is 0 Å². The van der Waals surface area contributed by atoms with Crippen molar-refractivity contribution in [3.8, 4) is 6.07 Å². The first-order valence-corrected chi connectivity index (χ1v) is 14.2. The number of carbonyl (C=O) groups excluding carboxylic acids is 2. The highest BCUT2D eigenvalue weighted by atomic mass is 19.4. The molecule has 0 N–H and O–H groups in total. The number of allylic oxidation sites excluding steroid dienone is 1. The lowest BCUT2D eigenvalue weighted by molar-refractivity contribution is -0.147. The van der Waals surface area contributed by atoms with Crippen molar-refractivity contribution in [1.82, 2.24) is 4.90 Å². The number of nitrogens with zero attached hydrogens (tertiary/aromatic N) is 2. The van der Waals surface area contributed by atoms with Crippen molar-refractivity contribution in [3.63, 3.8) is 0 Å². The summed E-state index contributed by atoms with van der Waals surface area (Å²) in [5.41, 5.74) is -0.675. The van der Waals surface area contributed by atoms with Gasteiger partial charge in [-0.15, -0.1) is 0 Å². The van der Waals surface area contributed by atoms with Gasteiger partial charge in [0.25, 0.3) is 0 Å². The fourth-order valence-electron chi connectivity index (χ4n) is 6.01. The number of hydrogen-bond acceptors (Lipinski definition) is 5. The molecule has 44 heavy (non-hydrogen) atoms. The van der Waals surface area contributed by atoms with Gasteiger partial charge in [-0.1, -0.05) is 24.6 Å². The van der Waals surface area contributed by atoms with Gasteiger partial charge in [-0.05, 0) is 92.0 Å². The molecule has 2 atom stereocenters. The average Bonchev–Trinajstić information content (AvgIpc) is 3.27. The summed E-state index contributed by atoms with van der Waals surface area (Å²) in [6, 6.07) is 7.28. The summed E-state index contributed by atoms with van der Waals surface area (Å²) in [5, 5.41) is 9.52. The second-order valence-corrected chi connectivity index (χ2v) is 11.2. The third kappa shape index (κ3) is 7.20. The lowest BCUT2D eigenvalue weighted by Crippen LogP contribution is -2.31. The van der Waals surface area contributed by atoms with Crippen molar-refractivity contribution in [2.75, 3.05) is 7.11 Å². The highest BCUT2D eigenvalue weighted by Crippen LogP contribution is 2.42. The largest absolute Gasteiger partial charge is 0.469 e. The molecule has 2 fully saturated rings. The monoisotopic (exact) mass is 622 g/mol. The predicted octanol–water partition coefficient (Wildman–Crippen LogP) is 8.45. The van der Waals surface area contributed by atoms with Crippen LogP contribution in [0.5, 0.6) is 0 Å². The Hall–Kier alpha value is -4.01. The fraction of sp³-hybridized carbons (Fsp3) is 0.469. The normalized spacial score (nSPS) is 22.9. The van der Waals surface area contributed by atoms with E-state index in [1.54, 1.807) is 18.2 Å². The summed E-state index contributed by atoms with van der Waals surface area (Å²) in [7, 11) is 1.37. The maximum absolute atomic E-state index is 13.5. The molecule has 1 saturated carbocycles. The van der Waals surface area contributed by atoms with Crippen molar-refractivity contribution in [2.24, 2.45) is 11.8 Å². The SMILES string of the molecule is CCC(=Cc1ccc(C#N)cc1CN1C(=O)OC(c2cc(C(F)(F)F)cc(C(F)(F)F)c2)C1C)C1CCC(C(=O)OC)CC1. The molecular weight excluding hydrogens is 590 g/mol. The molecule has 0 spiro atoms. The van der Waals surface area contributed by atoms with Crippen LogP contribution in [0.4, 0.5) is 31.1 Å². The molecule has 2 aromatic carbocycles. The smallest absolute Gasteiger partial charge is 0.416 e. The van der Waals surface area contributed by atoms with Crippen LogP contribution >= 0.6 is 0 Å². The van der Waals surface area contributed by atoms with Gasteiger partial charge in [0, 0.05) is 0 Å². The minimum absolute atomic E-state index is 0.0297. The Morgan fingerprint density at radius 2 is 1.61 bits per heavy atom. The van der Waals surface area contributed by atoms with Gasteiger partial charge >= 0.3 is 24.4 Å². The summed E-state index contributed by atoms with van der Waals surface area (Å²) in [4.78, 5) is 26.2. The highest BCUT2D eigenvalue weighted by molar-refractivity contribution is 5.73. The number of cyclic esters (lactones) is 1. The summed E-state index contributed by atoms with van der Waals surface area (Å²) in [5.74, 6) is -0.141. The van der Waals surface area contributed by atoms with Gasteiger partial charge in [0.1, 0.15) is 6.10 Å². The molecule has 0 bridgehead atoms. The lowest BCUT2D eigenvalue weighted by atomic mass is 9.77. The molecule has 1 heterocycles. The number of amides is 1. The van der Waals surface area contributed by atoms with E-state index in [4.69, 9.17) is 9.47 Å². The number of halogens is 6. The number of nitriles is 1. The van der Waals surface area contributed by atoms with Crippen LogP contribution in [0.15, 0.2) is 42.0 Å². The summed E-state index contributed by atoms with van der Waals surface area (Å²) in [6.07, 6.45) is -6.70. The first-order valence-electron chi connectivity index (χ1n) is 14.2. The fourth-order valence-corrected chi connectivity index (χ4v) is 6.01. The van der Waals surface area contributed by atoms with Gasteiger partial charge in [-0.3, -0.25) is 9.69 Å². The summed E-state index contributed by atoms with van der Waals surface area (Å²) >= 11 is 0. The minimum Gasteiger partial charge on any atom is -0.469 e. The van der Waals surface area contributed by atoms with Crippen LogP contribution < -0.4 is 0 Å². The van der Waals surface area contributed by atoms with Crippen LogP contribution in [-0.4, -0.2) is 30.1 Å². The first-order chi connectivity index (χ1) is 20.7. The number of ether oxygens (including phenoxy) is 2. The van der Waals surface area contributed by atoms with E-state index in [0.29, 0.717) is 42.5 Å². The summed E-state index contributed by atoms with van der Waals surface area (Å²) in [6.45, 7) is 3.41. The van der Waals surface area contributed by atoms with Crippen LogP contribution in [0.3, 0.4) is 0 Å². The second kappa shape index (κ2) is 12.9. The zero-order chi connectivity index (χ0) is 32.4. The molecule has 4 rings (SSSR count). The van der Waals surface area contributed by atoms with Crippen LogP contribution in [0, 0.1) is 23.2 Å². The predicted molar refractivity (Wildman–Crippen MR) is 148 cm³/mol. The zero-order valence-electron chi connectivity index (χ0n) is 24.4. The average molecular weight is 623 g/mol. The van der Waals surface area contributed by atoms with Crippen molar-refractivity contribution < 1.29 is 45.4 Å². The van der Waals surface area contributed by atoms with E-state index >= 15 is 0 Å². The molecule has 12 heteroatoms. The van der Waals surface area contributed by atoms with Crippen molar-refractivity contribution >= 4 is 18.1 Å². The zero-order valence-corrected chi connectivity index (χ0v) is 24.4. The Balaban J connectivity index is 1.63. The number of esters is 1. The molecule has 1 aliphatic heterocycles. The first kappa shape index (κ1) is 32.9. The summed E-state index contributed by atoms with van der Waals surface area (Å²) < 4.78 is 91.1. The van der Waals surface area contributed by atoms with E-state index in [9.17, 15) is 41.2 Å². The van der Waals surface area contributed by atoms with E-state index in [-0.39, 0.29) is 30.4 Å². The maximum Gasteiger partial charge on any atom is 0.416 e. The van der Waals surface area contributed by atoms with Gasteiger partial charge in [-0.25, -0.2) is 4.79 Å². The number of alkyl halides is 6. The van der Waals surface area contributed by atoms with Crippen LogP contribution in [0.25, 0.3) is 6.08 Å². The quantitative estimate of drug-likeness (QED) is 0.229.